The van der Waals surface area contributed by atoms with Crippen LogP contribution in [0.5, 0.6) is 0 Å². The average molecular weight is 1750 g/mol. The number of carbonyl (C=O) groups is 4. The number of likely N-dealkylation sites (N-methyl/N-ethyl adjacent to an activating group) is 4. The smallest absolute Gasteiger partial charge is 0.333 e. The molecule has 0 unspecified atom stereocenters. The summed E-state index contributed by atoms with van der Waals surface area (Å²) in [5.41, 5.74) is 22.7. The number of anilines is 4. The Balaban J connectivity index is 0.000000121. The Morgan fingerprint density at radius 3 is 1.15 bits per heavy atom. The quantitative estimate of drug-likeness (QED) is 0.0346. The van der Waals surface area contributed by atoms with Crippen LogP contribution in [0.1, 0.15) is 185 Å². The number of urea groups is 4. The lowest BCUT2D eigenvalue weighted by Crippen LogP contribution is -2.45. The zero-order valence-corrected chi connectivity index (χ0v) is 74.0. The van der Waals surface area contributed by atoms with Crippen LogP contribution in [0.3, 0.4) is 0 Å². The molecular formula is C85H112N20O13S4. The van der Waals surface area contributed by atoms with Gasteiger partial charge < -0.3 is 41.1 Å². The summed E-state index contributed by atoms with van der Waals surface area (Å²) in [6, 6.07) is 12.0. The molecule has 1 saturated carbocycles. The van der Waals surface area contributed by atoms with Crippen molar-refractivity contribution in [3.05, 3.63) is 161 Å². The van der Waals surface area contributed by atoms with Gasteiger partial charge in [-0.3, -0.25) is 23.6 Å². The van der Waals surface area contributed by atoms with E-state index < -0.39 is 69.8 Å². The predicted octanol–water partition coefficient (Wildman–Crippen LogP) is 8.30. The van der Waals surface area contributed by atoms with Crippen molar-refractivity contribution in [2.75, 3.05) is 89.7 Å². The molecule has 4 aromatic heterocycles. The molecule has 654 valence electrons. The first-order chi connectivity index (χ1) is 58.0. The number of aryl methyl sites for hydroxylation is 8. The molecule has 6 heterocycles. The zero-order valence-electron chi connectivity index (χ0n) is 70.7. The van der Waals surface area contributed by atoms with Crippen molar-refractivity contribution in [3.8, 4) is 0 Å². The lowest BCUT2D eigenvalue weighted by atomic mass is 9.99. The number of sulfonamides is 4. The minimum absolute atomic E-state index is 0.0475. The third kappa shape index (κ3) is 18.3. The number of nitrogens with zero attached hydrogens (tertiary/aromatic N) is 12. The number of hydrogen-bond donors (Lipinski definition) is 9. The highest BCUT2D eigenvalue weighted by atomic mass is 32.2. The van der Waals surface area contributed by atoms with Crippen LogP contribution in [0.25, 0.3) is 0 Å². The zero-order chi connectivity index (χ0) is 86.1. The van der Waals surface area contributed by atoms with Gasteiger partial charge in [0.05, 0.1) is 37.1 Å². The number of aromatic nitrogens is 8. The summed E-state index contributed by atoms with van der Waals surface area (Å²) in [6.07, 6.45) is 29.3. The molecule has 1 saturated heterocycles. The van der Waals surface area contributed by atoms with Gasteiger partial charge >= 0.3 is 24.1 Å². The van der Waals surface area contributed by atoms with E-state index in [1.807, 2.05) is 47.2 Å². The van der Waals surface area contributed by atoms with Crippen LogP contribution in [-0.2, 0) is 175 Å². The summed E-state index contributed by atoms with van der Waals surface area (Å²) in [5, 5.41) is 38.0. The van der Waals surface area contributed by atoms with Gasteiger partial charge in [0.2, 0.25) is 0 Å². The largest absolute Gasteiger partial charge is 0.384 e. The summed E-state index contributed by atoms with van der Waals surface area (Å²) in [5.74, 6) is 0. The van der Waals surface area contributed by atoms with Gasteiger partial charge in [-0.2, -0.15) is 54.1 Å². The fourth-order valence-corrected chi connectivity index (χ4v) is 22.8. The van der Waals surface area contributed by atoms with Crippen LogP contribution in [-0.4, -0.2) is 196 Å². The molecule has 9 aliphatic carbocycles. The number of fused-ring (bicyclic) bond motifs is 9. The third-order valence-electron chi connectivity index (χ3n) is 25.8. The minimum Gasteiger partial charge on any atom is -0.384 e. The molecule has 8 aromatic rings. The molecule has 37 heteroatoms. The first-order valence-corrected chi connectivity index (χ1v) is 48.6. The predicted molar refractivity (Wildman–Crippen MR) is 461 cm³/mol. The molecule has 8 amide bonds. The van der Waals surface area contributed by atoms with Crippen molar-refractivity contribution in [1.29, 1.82) is 0 Å². The van der Waals surface area contributed by atoms with Crippen molar-refractivity contribution in [1.82, 2.24) is 77.6 Å². The Kier molecular flexibility index (Phi) is 24.1. The fraction of sp³-hybridized carbons (Fsp3) is 0.529. The highest BCUT2D eigenvalue weighted by molar-refractivity contribution is 7.90. The highest BCUT2D eigenvalue weighted by Gasteiger charge is 2.46. The van der Waals surface area contributed by atoms with Crippen molar-refractivity contribution >= 4 is 87.0 Å². The lowest BCUT2D eigenvalue weighted by Gasteiger charge is -2.36. The van der Waals surface area contributed by atoms with Crippen LogP contribution < -0.4 is 40.2 Å². The molecule has 4 aromatic carbocycles. The summed E-state index contributed by atoms with van der Waals surface area (Å²) < 4.78 is 117. The van der Waals surface area contributed by atoms with E-state index >= 15 is 0 Å². The molecule has 33 nitrogen and oxygen atoms in total. The molecule has 2 aliphatic heterocycles. The van der Waals surface area contributed by atoms with Crippen LogP contribution in [0.15, 0.2) is 81.0 Å². The third-order valence-corrected chi connectivity index (χ3v) is 30.7. The second kappa shape index (κ2) is 34.1. The van der Waals surface area contributed by atoms with Gasteiger partial charge in [-0.1, -0.05) is 24.3 Å². The Morgan fingerprint density at radius 1 is 0.451 bits per heavy atom. The van der Waals surface area contributed by atoms with E-state index in [2.05, 4.69) is 99.5 Å². The van der Waals surface area contributed by atoms with E-state index in [-0.39, 0.29) is 31.7 Å². The summed E-state index contributed by atoms with van der Waals surface area (Å²) in [7, 11) is -4.51. The Hall–Kier alpha value is -9.60. The monoisotopic (exact) mass is 1750 g/mol. The van der Waals surface area contributed by atoms with Crippen molar-refractivity contribution < 1.29 is 58.0 Å². The Labute approximate surface area is 713 Å². The second-order valence-electron chi connectivity index (χ2n) is 35.5. The van der Waals surface area contributed by atoms with Crippen molar-refractivity contribution in [3.63, 3.8) is 0 Å². The van der Waals surface area contributed by atoms with Gasteiger partial charge in [0.15, 0.2) is 20.1 Å². The maximum Gasteiger partial charge on any atom is 0.333 e. The maximum absolute atomic E-state index is 13.0. The minimum atomic E-state index is -4.23. The van der Waals surface area contributed by atoms with Crippen LogP contribution in [0.4, 0.5) is 41.9 Å². The van der Waals surface area contributed by atoms with E-state index in [1.165, 1.54) is 78.5 Å². The molecule has 0 spiro atoms. The van der Waals surface area contributed by atoms with Crippen molar-refractivity contribution in [2.45, 2.75) is 244 Å². The standard InChI is InChI=1S/C23H33N5O4S.C22H29N5O3S.2C20H25N5O3S/c1-23(2,30)19-14-20(25-28(19)12-11-27(3)4)33(31,32)26-22(29)24-21-17-9-5-7-15(17)13-16-8-6-10-18(16)21;1-26(2)22(10-11-22)14-27-12-9-19(24-27)31(29,30)25-21(28)23-20-17-7-3-5-15(17)13-16-6-4-8-18(16)20;1-24-8-9-25-15(12-24)11-18(22-25)29(27,28)23-20(26)21-19-16-6-2-4-13(16)10-14-5-3-7-17(14)19;1-24-11-15(12-24)25-9-8-18(22-25)29(27,28)23-20(26)21-19-16-6-2-4-13(16)10-14-5-3-7-17(14)19/h13-14,30H,5-12H2,1-4H3,(H2,24,26,29);9,12-13H,3-8,10-11,14H2,1-2H3,(H2,23,25,28);10-11H,2-9,12H2,1H3,(H2,21,23,26);8-10,15H,2-7,11-12H2,1H3,(H2,21,23,26). The Bertz CT molecular complexity index is 5820. The maximum atomic E-state index is 13.0. The van der Waals surface area contributed by atoms with Crippen molar-refractivity contribution in [2.24, 2.45) is 0 Å². The van der Waals surface area contributed by atoms with E-state index in [0.29, 0.717) is 38.4 Å². The first-order valence-electron chi connectivity index (χ1n) is 42.7. The molecule has 9 N–H and O–H groups in total. The van der Waals surface area contributed by atoms with Gasteiger partial charge in [-0.25, -0.2) is 38.1 Å². The van der Waals surface area contributed by atoms with Gasteiger partial charge in [0.25, 0.3) is 40.1 Å². The normalized spacial score (nSPS) is 17.8. The Morgan fingerprint density at radius 2 is 0.803 bits per heavy atom. The first kappa shape index (κ1) is 85.9. The number of amides is 8. The summed E-state index contributed by atoms with van der Waals surface area (Å²) in [6.45, 7) is 8.53. The lowest BCUT2D eigenvalue weighted by molar-refractivity contribution is 0.0677. The number of likely N-dealkylation sites (tertiary alicyclic amines) is 1. The summed E-state index contributed by atoms with van der Waals surface area (Å²) >= 11 is 0. The molecule has 2 fully saturated rings. The molecule has 19 rings (SSSR count). The molecule has 122 heavy (non-hydrogen) atoms. The molecular weight excluding hydrogens is 1640 g/mol. The van der Waals surface area contributed by atoms with Gasteiger partial charge in [0.1, 0.15) is 5.60 Å². The van der Waals surface area contributed by atoms with Crippen LogP contribution in [0.2, 0.25) is 0 Å². The van der Waals surface area contributed by atoms with E-state index in [9.17, 15) is 58.0 Å². The topological polar surface area (TPSA) is 406 Å². The summed E-state index contributed by atoms with van der Waals surface area (Å²) in [4.78, 5) is 59.1. The number of rotatable bonds is 20. The number of hydrogen-bond acceptors (Lipinski definition) is 21. The van der Waals surface area contributed by atoms with E-state index in [0.717, 1.165) is 248 Å². The number of carbonyl (C=O) groups excluding carboxylic acids is 4. The fourth-order valence-electron chi connectivity index (χ4n) is 19.4. The number of benzene rings is 4. The number of aliphatic hydroxyl groups is 1. The van der Waals surface area contributed by atoms with Gasteiger partial charge in [0, 0.05) is 85.5 Å². The molecule has 11 aliphatic rings. The molecule has 0 bridgehead atoms. The van der Waals surface area contributed by atoms with Gasteiger partial charge in [-0.15, -0.1) is 0 Å². The van der Waals surface area contributed by atoms with Gasteiger partial charge in [-0.05, 0) is 324 Å². The second-order valence-corrected chi connectivity index (χ2v) is 42.1. The van der Waals surface area contributed by atoms with E-state index in [1.54, 1.807) is 46.4 Å². The number of nitrogens with one attached hydrogen (secondary N) is 8. The van der Waals surface area contributed by atoms with Crippen LogP contribution >= 0.6 is 0 Å². The molecule has 0 atom stereocenters. The molecule has 0 radical (unpaired) electrons. The highest BCUT2D eigenvalue weighted by Crippen LogP contribution is 2.45. The van der Waals surface area contributed by atoms with Crippen LogP contribution in [0, 0.1) is 0 Å². The van der Waals surface area contributed by atoms with E-state index in [4.69, 9.17) is 0 Å². The SMILES string of the molecule is CN(C)C1(Cn2ccc(S(=O)(=O)NC(=O)Nc3c4c(cc5c3CCC5)CCC4)n2)CC1.CN(C)CCn1nc(S(=O)(=O)NC(=O)Nc2c3c(cc4c2CCC4)CCC3)cc1C(C)(C)O.CN1CC(n2ccc(S(=O)(=O)NC(=O)Nc3c4c(cc5c3CCC5)CCC4)n2)C1.CN1CCn2nc(S(=O)(=O)NC(=O)Nc3c4c(cc5c3CCC5)CCC4)cc2C1. The average Bonchev–Trinajstić information content (AvgIpc) is 1.62.